The lowest BCUT2D eigenvalue weighted by Crippen LogP contribution is -2.56. The topological polar surface area (TPSA) is 58.4 Å². The van der Waals surface area contributed by atoms with Crippen molar-refractivity contribution in [2.75, 3.05) is 31.1 Å². The first kappa shape index (κ1) is 20.6. The number of benzene rings is 1. The standard InChI is InChI=1S/C22H23ClN4O2S/c1-22(2,27-20(28)9-8-18(24-27)19-7-4-14-30-19)21(29)26-12-10-25(11-13-26)17-6-3-5-16(23)15-17/h3-9,14-15H,10-13H2,1-2H3. The molecule has 0 atom stereocenters. The van der Waals surface area contributed by atoms with E-state index in [0.29, 0.717) is 36.9 Å². The van der Waals surface area contributed by atoms with Crippen LogP contribution in [0.2, 0.25) is 5.02 Å². The number of hydrogen-bond donors (Lipinski definition) is 0. The molecule has 0 saturated carbocycles. The number of amides is 1. The van der Waals surface area contributed by atoms with Crippen molar-refractivity contribution in [1.82, 2.24) is 14.7 Å². The molecule has 0 unspecified atom stereocenters. The van der Waals surface area contributed by atoms with Crippen LogP contribution in [0.1, 0.15) is 13.8 Å². The van der Waals surface area contributed by atoms with E-state index >= 15 is 0 Å². The molecule has 0 aliphatic carbocycles. The second kappa shape index (κ2) is 8.24. The summed E-state index contributed by atoms with van der Waals surface area (Å²) in [6.45, 7) is 6.08. The fraction of sp³-hybridized carbons (Fsp3) is 0.318. The predicted molar refractivity (Wildman–Crippen MR) is 121 cm³/mol. The van der Waals surface area contributed by atoms with Crippen LogP contribution in [0.5, 0.6) is 0 Å². The highest BCUT2D eigenvalue weighted by atomic mass is 35.5. The number of rotatable bonds is 4. The van der Waals surface area contributed by atoms with Crippen LogP contribution in [-0.4, -0.2) is 46.8 Å². The Morgan fingerprint density at radius 1 is 1.07 bits per heavy atom. The zero-order valence-corrected chi connectivity index (χ0v) is 18.5. The molecule has 30 heavy (non-hydrogen) atoms. The van der Waals surface area contributed by atoms with E-state index < -0.39 is 5.54 Å². The number of nitrogens with zero attached hydrogens (tertiary/aromatic N) is 4. The monoisotopic (exact) mass is 442 g/mol. The van der Waals surface area contributed by atoms with Gasteiger partial charge in [0.25, 0.3) is 5.56 Å². The highest BCUT2D eigenvalue weighted by Crippen LogP contribution is 2.25. The lowest BCUT2D eigenvalue weighted by Gasteiger charge is -2.39. The molecular formula is C22H23ClN4O2S. The van der Waals surface area contributed by atoms with E-state index in [4.69, 9.17) is 11.6 Å². The third-order valence-corrected chi connectivity index (χ3v) is 6.49. The van der Waals surface area contributed by atoms with Crippen LogP contribution in [0.15, 0.2) is 58.7 Å². The summed E-state index contributed by atoms with van der Waals surface area (Å²) in [5, 5.41) is 7.17. The van der Waals surface area contributed by atoms with Crippen LogP contribution in [0.3, 0.4) is 0 Å². The van der Waals surface area contributed by atoms with Crippen molar-refractivity contribution in [1.29, 1.82) is 0 Å². The van der Waals surface area contributed by atoms with Gasteiger partial charge in [0, 0.05) is 43.0 Å². The summed E-state index contributed by atoms with van der Waals surface area (Å²) in [5.74, 6) is -0.105. The second-order valence-corrected chi connectivity index (χ2v) is 9.15. The Balaban J connectivity index is 1.52. The van der Waals surface area contributed by atoms with Crippen LogP contribution in [0.25, 0.3) is 10.6 Å². The van der Waals surface area contributed by atoms with E-state index in [0.717, 1.165) is 10.6 Å². The molecule has 1 aliphatic rings. The van der Waals surface area contributed by atoms with Gasteiger partial charge in [-0.3, -0.25) is 9.59 Å². The minimum absolute atomic E-state index is 0.105. The van der Waals surface area contributed by atoms with Crippen LogP contribution >= 0.6 is 22.9 Å². The van der Waals surface area contributed by atoms with Crippen LogP contribution < -0.4 is 10.5 Å². The number of hydrogen-bond acceptors (Lipinski definition) is 5. The molecule has 0 spiro atoms. The third kappa shape index (κ3) is 4.00. The van der Waals surface area contributed by atoms with Gasteiger partial charge in [-0.1, -0.05) is 23.7 Å². The van der Waals surface area contributed by atoms with Gasteiger partial charge >= 0.3 is 0 Å². The number of halogens is 1. The van der Waals surface area contributed by atoms with Gasteiger partial charge < -0.3 is 9.80 Å². The van der Waals surface area contributed by atoms with Crippen molar-refractivity contribution < 1.29 is 4.79 Å². The Morgan fingerprint density at radius 3 is 2.50 bits per heavy atom. The number of piperazine rings is 1. The predicted octanol–water partition coefficient (Wildman–Crippen LogP) is 3.71. The maximum Gasteiger partial charge on any atom is 0.267 e. The summed E-state index contributed by atoms with van der Waals surface area (Å²) in [4.78, 5) is 30.9. The highest BCUT2D eigenvalue weighted by Gasteiger charge is 2.37. The second-order valence-electron chi connectivity index (χ2n) is 7.76. The van der Waals surface area contributed by atoms with E-state index in [1.165, 1.54) is 10.7 Å². The Hall–Kier alpha value is -2.64. The van der Waals surface area contributed by atoms with Crippen LogP contribution in [-0.2, 0) is 10.3 Å². The molecule has 156 valence electrons. The van der Waals surface area contributed by atoms with Gasteiger partial charge in [0.2, 0.25) is 5.91 Å². The summed E-state index contributed by atoms with van der Waals surface area (Å²) >= 11 is 7.65. The summed E-state index contributed by atoms with van der Waals surface area (Å²) in [7, 11) is 0. The van der Waals surface area contributed by atoms with Crippen LogP contribution in [0, 0.1) is 0 Å². The lowest BCUT2D eigenvalue weighted by molar-refractivity contribution is -0.140. The van der Waals surface area contributed by atoms with E-state index in [-0.39, 0.29) is 11.5 Å². The number of thiophene rings is 1. The zero-order chi connectivity index (χ0) is 21.3. The molecule has 6 nitrogen and oxygen atoms in total. The van der Waals surface area contributed by atoms with Crippen LogP contribution in [0.4, 0.5) is 5.69 Å². The maximum absolute atomic E-state index is 13.4. The van der Waals surface area contributed by atoms with Crippen molar-refractivity contribution in [3.8, 4) is 10.6 Å². The highest BCUT2D eigenvalue weighted by molar-refractivity contribution is 7.13. The average Bonchev–Trinajstić information content (AvgIpc) is 3.28. The van der Waals surface area contributed by atoms with Gasteiger partial charge in [-0.2, -0.15) is 5.10 Å². The van der Waals surface area contributed by atoms with E-state index in [1.54, 1.807) is 31.3 Å². The summed E-state index contributed by atoms with van der Waals surface area (Å²) in [6.07, 6.45) is 0. The molecular weight excluding hydrogens is 420 g/mol. The molecule has 1 amide bonds. The third-order valence-electron chi connectivity index (χ3n) is 5.37. The van der Waals surface area contributed by atoms with Crippen molar-refractivity contribution in [3.05, 3.63) is 69.3 Å². The molecule has 8 heteroatoms. The molecule has 0 radical (unpaired) electrons. The fourth-order valence-electron chi connectivity index (χ4n) is 3.69. The van der Waals surface area contributed by atoms with Gasteiger partial charge in [-0.15, -0.1) is 11.3 Å². The molecule has 1 fully saturated rings. The first-order chi connectivity index (χ1) is 14.4. The van der Waals surface area contributed by atoms with Crippen molar-refractivity contribution in [2.45, 2.75) is 19.4 Å². The molecule has 3 aromatic rings. The van der Waals surface area contributed by atoms with E-state index in [2.05, 4.69) is 10.00 Å². The minimum atomic E-state index is -1.08. The molecule has 1 aromatic carbocycles. The van der Waals surface area contributed by atoms with Gasteiger partial charge in [0.1, 0.15) is 11.2 Å². The SMILES string of the molecule is CC(C)(C(=O)N1CCN(c2cccc(Cl)c2)CC1)n1nc(-c2cccs2)ccc1=O. The minimum Gasteiger partial charge on any atom is -0.368 e. The molecule has 0 N–H and O–H groups in total. The molecule has 4 rings (SSSR count). The molecule has 3 heterocycles. The summed E-state index contributed by atoms with van der Waals surface area (Å²) in [5.41, 5.74) is 0.376. The summed E-state index contributed by atoms with van der Waals surface area (Å²) < 4.78 is 1.31. The Morgan fingerprint density at radius 2 is 1.83 bits per heavy atom. The molecule has 1 saturated heterocycles. The maximum atomic E-state index is 13.4. The molecule has 2 aromatic heterocycles. The van der Waals surface area contributed by atoms with Crippen molar-refractivity contribution in [2.24, 2.45) is 0 Å². The van der Waals surface area contributed by atoms with Gasteiger partial charge in [-0.25, -0.2) is 4.68 Å². The Kier molecular flexibility index (Phi) is 5.66. The van der Waals surface area contributed by atoms with E-state index in [9.17, 15) is 9.59 Å². The van der Waals surface area contributed by atoms with E-state index in [1.807, 2.05) is 46.7 Å². The Bertz CT molecular complexity index is 1100. The quantitative estimate of drug-likeness (QED) is 0.618. The first-order valence-corrected chi connectivity index (χ1v) is 11.1. The molecule has 1 aliphatic heterocycles. The van der Waals surface area contributed by atoms with Gasteiger partial charge in [-0.05, 0) is 49.6 Å². The number of anilines is 1. The first-order valence-electron chi connectivity index (χ1n) is 9.81. The Labute approximate surface area is 184 Å². The molecule has 0 bridgehead atoms. The zero-order valence-electron chi connectivity index (χ0n) is 16.9. The smallest absolute Gasteiger partial charge is 0.267 e. The average molecular weight is 443 g/mol. The number of aromatic nitrogens is 2. The summed E-state index contributed by atoms with van der Waals surface area (Å²) in [6, 6.07) is 14.8. The van der Waals surface area contributed by atoms with Crippen molar-refractivity contribution >= 4 is 34.5 Å². The van der Waals surface area contributed by atoms with Gasteiger partial charge in [0.15, 0.2) is 0 Å². The van der Waals surface area contributed by atoms with Crippen molar-refractivity contribution in [3.63, 3.8) is 0 Å². The van der Waals surface area contributed by atoms with Gasteiger partial charge in [0.05, 0.1) is 4.88 Å². The lowest BCUT2D eigenvalue weighted by atomic mass is 10.0. The number of carbonyl (C=O) groups excluding carboxylic acids is 1. The number of carbonyl (C=O) groups is 1. The largest absolute Gasteiger partial charge is 0.368 e. The fourth-order valence-corrected chi connectivity index (χ4v) is 4.56. The normalized spacial score (nSPS) is 14.8.